The first-order chi connectivity index (χ1) is 10.5. The third-order valence-corrected chi connectivity index (χ3v) is 4.70. The van der Waals surface area contributed by atoms with Crippen molar-refractivity contribution in [2.24, 2.45) is 0 Å². The number of nitrogens with one attached hydrogen (secondary N) is 1. The Labute approximate surface area is 151 Å². The van der Waals surface area contributed by atoms with Crippen LogP contribution in [0.2, 0.25) is 0 Å². The SMILES string of the molecule is CCC(NSC(C)(C)C)(C(=O)OC(C)C)c1cc(Br)ccc1F. The van der Waals surface area contributed by atoms with E-state index in [2.05, 4.69) is 20.7 Å². The van der Waals surface area contributed by atoms with Gasteiger partial charge < -0.3 is 4.74 Å². The quantitative estimate of drug-likeness (QED) is 0.522. The maximum atomic E-state index is 14.5. The lowest BCUT2D eigenvalue weighted by Crippen LogP contribution is -2.49. The third kappa shape index (κ3) is 5.47. The minimum Gasteiger partial charge on any atom is -0.461 e. The molecule has 3 nitrogen and oxygen atoms in total. The van der Waals surface area contributed by atoms with Gasteiger partial charge in [0.25, 0.3) is 0 Å². The van der Waals surface area contributed by atoms with E-state index < -0.39 is 17.3 Å². The van der Waals surface area contributed by atoms with Crippen LogP contribution >= 0.6 is 27.9 Å². The van der Waals surface area contributed by atoms with E-state index in [0.29, 0.717) is 10.9 Å². The molecule has 1 atom stereocenters. The predicted molar refractivity (Wildman–Crippen MR) is 97.8 cm³/mol. The van der Waals surface area contributed by atoms with Gasteiger partial charge >= 0.3 is 5.97 Å². The molecule has 1 aromatic rings. The summed E-state index contributed by atoms with van der Waals surface area (Å²) in [5.41, 5.74) is -0.951. The van der Waals surface area contributed by atoms with Crippen molar-refractivity contribution in [2.75, 3.05) is 0 Å². The Bertz CT molecular complexity index is 560. The third-order valence-electron chi connectivity index (χ3n) is 3.14. The van der Waals surface area contributed by atoms with Gasteiger partial charge in [0.05, 0.1) is 6.10 Å². The fourth-order valence-corrected chi connectivity index (χ4v) is 3.17. The summed E-state index contributed by atoms with van der Waals surface area (Å²) >= 11 is 4.75. The van der Waals surface area contributed by atoms with Gasteiger partial charge in [-0.1, -0.05) is 34.8 Å². The van der Waals surface area contributed by atoms with Crippen molar-refractivity contribution in [1.82, 2.24) is 4.72 Å². The lowest BCUT2D eigenvalue weighted by Gasteiger charge is -2.35. The van der Waals surface area contributed by atoms with Gasteiger partial charge in [-0.05, 0) is 59.2 Å². The highest BCUT2D eigenvalue weighted by molar-refractivity contribution is 9.10. The monoisotopic (exact) mass is 405 g/mol. The summed E-state index contributed by atoms with van der Waals surface area (Å²) in [6.07, 6.45) is 0.0970. The average molecular weight is 406 g/mol. The second-order valence-corrected chi connectivity index (χ2v) is 9.20. The van der Waals surface area contributed by atoms with Crippen molar-refractivity contribution >= 4 is 33.8 Å². The molecular weight excluding hydrogens is 381 g/mol. The number of benzene rings is 1. The Kier molecular flexibility index (Phi) is 7.11. The molecule has 1 rings (SSSR count). The summed E-state index contributed by atoms with van der Waals surface area (Å²) in [5.74, 6) is -0.901. The van der Waals surface area contributed by atoms with Crippen molar-refractivity contribution < 1.29 is 13.9 Å². The van der Waals surface area contributed by atoms with E-state index >= 15 is 0 Å². The molecule has 0 aliphatic carbocycles. The minimum absolute atomic E-state index is 0.138. The van der Waals surface area contributed by atoms with Crippen LogP contribution in [0.3, 0.4) is 0 Å². The summed E-state index contributed by atoms with van der Waals surface area (Å²) in [4.78, 5) is 12.8. The summed E-state index contributed by atoms with van der Waals surface area (Å²) in [6, 6.07) is 4.61. The fraction of sp³-hybridized carbons (Fsp3) is 0.588. The van der Waals surface area contributed by atoms with Crippen LogP contribution in [-0.4, -0.2) is 16.8 Å². The van der Waals surface area contributed by atoms with Gasteiger partial charge in [-0.15, -0.1) is 0 Å². The molecule has 0 radical (unpaired) electrons. The number of ether oxygens (including phenoxy) is 1. The average Bonchev–Trinajstić information content (AvgIpc) is 2.41. The van der Waals surface area contributed by atoms with Crippen LogP contribution in [0.5, 0.6) is 0 Å². The molecule has 0 saturated heterocycles. The Morgan fingerprint density at radius 2 is 2.00 bits per heavy atom. The van der Waals surface area contributed by atoms with Gasteiger partial charge in [-0.2, -0.15) is 0 Å². The molecule has 0 saturated carbocycles. The fourth-order valence-electron chi connectivity index (χ4n) is 1.99. The zero-order valence-electron chi connectivity index (χ0n) is 14.5. The number of rotatable bonds is 6. The van der Waals surface area contributed by atoms with Crippen LogP contribution in [0.15, 0.2) is 22.7 Å². The van der Waals surface area contributed by atoms with Crippen molar-refractivity contribution in [1.29, 1.82) is 0 Å². The number of carbonyl (C=O) groups excluding carboxylic acids is 1. The van der Waals surface area contributed by atoms with E-state index in [1.54, 1.807) is 26.0 Å². The molecule has 0 fully saturated rings. The maximum Gasteiger partial charge on any atom is 0.332 e. The summed E-state index contributed by atoms with van der Waals surface area (Å²) in [6.45, 7) is 11.5. The van der Waals surface area contributed by atoms with Crippen molar-refractivity contribution in [3.63, 3.8) is 0 Å². The molecule has 23 heavy (non-hydrogen) atoms. The smallest absolute Gasteiger partial charge is 0.332 e. The zero-order valence-corrected chi connectivity index (χ0v) is 16.9. The van der Waals surface area contributed by atoms with Crippen molar-refractivity contribution in [2.45, 2.75) is 64.4 Å². The molecule has 6 heteroatoms. The lowest BCUT2D eigenvalue weighted by molar-refractivity contribution is -0.155. The Hall–Kier alpha value is -0.590. The predicted octanol–water partition coefficient (Wildman–Crippen LogP) is 5.18. The Balaban J connectivity index is 3.38. The topological polar surface area (TPSA) is 38.3 Å². The minimum atomic E-state index is -1.24. The second kappa shape index (κ2) is 7.99. The molecule has 1 aromatic carbocycles. The number of esters is 1. The summed E-state index contributed by atoms with van der Waals surface area (Å²) in [5, 5.41) is 0. The van der Waals surface area contributed by atoms with Crippen molar-refractivity contribution in [3.8, 4) is 0 Å². The van der Waals surface area contributed by atoms with Gasteiger partial charge in [0, 0.05) is 14.8 Å². The molecule has 0 aliphatic rings. The van der Waals surface area contributed by atoms with Gasteiger partial charge in [-0.3, -0.25) is 0 Å². The first kappa shape index (κ1) is 20.5. The molecule has 0 bridgehead atoms. The molecule has 0 amide bonds. The molecule has 1 N–H and O–H groups in total. The second-order valence-electron chi connectivity index (χ2n) is 6.65. The molecule has 0 aliphatic heterocycles. The normalized spacial score (nSPS) is 14.7. The maximum absolute atomic E-state index is 14.5. The van der Waals surface area contributed by atoms with Gasteiger partial charge in [0.15, 0.2) is 5.54 Å². The summed E-state index contributed by atoms with van der Waals surface area (Å²) in [7, 11) is 0. The Morgan fingerprint density at radius 3 is 2.48 bits per heavy atom. The van der Waals surface area contributed by atoms with E-state index in [4.69, 9.17) is 4.74 Å². The molecule has 0 heterocycles. The highest BCUT2D eigenvalue weighted by Crippen LogP contribution is 2.35. The van der Waals surface area contributed by atoms with Crippen LogP contribution in [0, 0.1) is 5.82 Å². The molecule has 1 unspecified atom stereocenters. The van der Waals surface area contributed by atoms with Crippen LogP contribution in [0.25, 0.3) is 0 Å². The van der Waals surface area contributed by atoms with E-state index in [9.17, 15) is 9.18 Å². The van der Waals surface area contributed by atoms with Crippen LogP contribution in [-0.2, 0) is 15.1 Å². The number of halogens is 2. The van der Waals surface area contributed by atoms with Crippen LogP contribution in [0.1, 0.15) is 53.5 Å². The summed E-state index contributed by atoms with van der Waals surface area (Å²) < 4.78 is 23.7. The first-order valence-corrected chi connectivity index (χ1v) is 9.24. The zero-order chi connectivity index (χ0) is 17.8. The van der Waals surface area contributed by atoms with E-state index in [-0.39, 0.29) is 16.4 Å². The number of hydrogen-bond acceptors (Lipinski definition) is 4. The molecule has 0 aromatic heterocycles. The largest absolute Gasteiger partial charge is 0.461 e. The molecule has 130 valence electrons. The van der Waals surface area contributed by atoms with Crippen molar-refractivity contribution in [3.05, 3.63) is 34.1 Å². The number of hydrogen-bond donors (Lipinski definition) is 1. The van der Waals surface area contributed by atoms with E-state index in [0.717, 1.165) is 0 Å². The Morgan fingerprint density at radius 1 is 1.39 bits per heavy atom. The van der Waals surface area contributed by atoms with Gasteiger partial charge in [0.2, 0.25) is 0 Å². The van der Waals surface area contributed by atoms with Gasteiger partial charge in [-0.25, -0.2) is 13.9 Å². The number of carbonyl (C=O) groups is 1. The molecular formula is C17H25BrFNO2S. The molecule has 0 spiro atoms. The highest BCUT2D eigenvalue weighted by Gasteiger charge is 2.43. The highest BCUT2D eigenvalue weighted by atomic mass is 79.9. The van der Waals surface area contributed by atoms with Gasteiger partial charge in [0.1, 0.15) is 5.82 Å². The van der Waals surface area contributed by atoms with E-state index in [1.807, 2.05) is 27.7 Å². The van der Waals surface area contributed by atoms with E-state index in [1.165, 1.54) is 18.0 Å². The van der Waals surface area contributed by atoms with Crippen LogP contribution < -0.4 is 4.72 Å². The first-order valence-electron chi connectivity index (χ1n) is 7.63. The lowest BCUT2D eigenvalue weighted by atomic mass is 9.88. The standard InChI is InChI=1S/C17H25BrFNO2S/c1-7-17(15(21)22-11(2)3,20-23-16(4,5)6)13-10-12(18)8-9-14(13)19/h8-11,20H,7H2,1-6H3. The van der Waals surface area contributed by atoms with Crippen LogP contribution in [0.4, 0.5) is 4.39 Å².